The summed E-state index contributed by atoms with van der Waals surface area (Å²) < 4.78 is 0. The average Bonchev–Trinajstić information content (AvgIpc) is 2.09. The highest BCUT2D eigenvalue weighted by Gasteiger charge is 2.00. The second kappa shape index (κ2) is 3.74. The van der Waals surface area contributed by atoms with Gasteiger partial charge in [0.15, 0.2) is 0 Å². The van der Waals surface area contributed by atoms with Crippen molar-refractivity contribution in [1.82, 2.24) is 0 Å². The summed E-state index contributed by atoms with van der Waals surface area (Å²) in [6, 6.07) is 6.59. The summed E-state index contributed by atoms with van der Waals surface area (Å²) in [5.74, 6) is -0.0146. The van der Waals surface area contributed by atoms with E-state index in [0.29, 0.717) is 6.42 Å². The first kappa shape index (κ1) is 8.57. The van der Waals surface area contributed by atoms with Gasteiger partial charge in [-0.3, -0.25) is 0 Å². The first-order valence-electron chi connectivity index (χ1n) is 3.61. The summed E-state index contributed by atoms with van der Waals surface area (Å²) in [6.45, 7) is 0.0512. The van der Waals surface area contributed by atoms with Crippen molar-refractivity contribution in [1.29, 1.82) is 5.26 Å². The van der Waals surface area contributed by atoms with E-state index < -0.39 is 0 Å². The number of nitriles is 1. The van der Waals surface area contributed by atoms with Crippen molar-refractivity contribution in [2.45, 2.75) is 6.42 Å². The molecule has 0 saturated carbocycles. The molecule has 1 rings (SSSR count). The molecule has 3 nitrogen and oxygen atoms in total. The molecule has 0 radical (unpaired) electrons. The van der Waals surface area contributed by atoms with Crippen molar-refractivity contribution in [3.05, 3.63) is 29.3 Å². The third-order valence-corrected chi connectivity index (χ3v) is 1.58. The third kappa shape index (κ3) is 1.74. The molecule has 0 spiro atoms. The maximum atomic E-state index is 9.12. The summed E-state index contributed by atoms with van der Waals surface area (Å²) in [5.41, 5.74) is 1.10. The second-order valence-electron chi connectivity index (χ2n) is 2.44. The molecule has 3 heteroatoms. The van der Waals surface area contributed by atoms with Crippen LogP contribution in [0.5, 0.6) is 5.75 Å². The summed E-state index contributed by atoms with van der Waals surface area (Å²) in [6.07, 6.45) is 0.509. The van der Waals surface area contributed by atoms with Crippen LogP contribution in [0, 0.1) is 11.3 Å². The Balaban J connectivity index is 2.99. The van der Waals surface area contributed by atoms with Crippen LogP contribution >= 0.6 is 0 Å². The van der Waals surface area contributed by atoms with E-state index in [9.17, 15) is 0 Å². The molecule has 0 aromatic heterocycles. The van der Waals surface area contributed by atoms with Crippen molar-refractivity contribution < 1.29 is 10.2 Å². The molecule has 0 bridgehead atoms. The van der Waals surface area contributed by atoms with Crippen molar-refractivity contribution in [2.75, 3.05) is 6.61 Å². The number of benzene rings is 1. The predicted molar refractivity (Wildman–Crippen MR) is 43.6 cm³/mol. The van der Waals surface area contributed by atoms with Crippen LogP contribution in [-0.4, -0.2) is 16.8 Å². The number of phenols is 1. The zero-order valence-corrected chi connectivity index (χ0v) is 6.49. The lowest BCUT2D eigenvalue weighted by molar-refractivity contribution is 0.299. The number of hydrogen-bond acceptors (Lipinski definition) is 3. The topological polar surface area (TPSA) is 64.2 Å². The highest BCUT2D eigenvalue weighted by molar-refractivity contribution is 5.44. The largest absolute Gasteiger partial charge is 0.507 e. The molecule has 1 aromatic carbocycles. The van der Waals surface area contributed by atoms with Gasteiger partial charge >= 0.3 is 0 Å². The number of phenolic OH excluding ortho intramolecular Hbond substituents is 1. The molecule has 0 fully saturated rings. The molecule has 2 N–H and O–H groups in total. The number of aliphatic hydroxyl groups excluding tert-OH is 1. The Morgan fingerprint density at radius 2 is 2.17 bits per heavy atom. The Kier molecular flexibility index (Phi) is 2.67. The van der Waals surface area contributed by atoms with Gasteiger partial charge < -0.3 is 10.2 Å². The van der Waals surface area contributed by atoms with Crippen LogP contribution in [0.15, 0.2) is 18.2 Å². The Bertz CT molecular complexity index is 315. The Morgan fingerprint density at radius 1 is 1.42 bits per heavy atom. The molecular formula is C9H9NO2. The summed E-state index contributed by atoms with van der Waals surface area (Å²) in [5, 5.41) is 26.3. The van der Waals surface area contributed by atoms with Crippen molar-refractivity contribution in [3.63, 3.8) is 0 Å². The Morgan fingerprint density at radius 3 is 2.75 bits per heavy atom. The minimum atomic E-state index is -0.0146. The van der Waals surface area contributed by atoms with Crippen molar-refractivity contribution in [3.8, 4) is 11.8 Å². The van der Waals surface area contributed by atoms with E-state index in [-0.39, 0.29) is 17.9 Å². The summed E-state index contributed by atoms with van der Waals surface area (Å²) in [7, 11) is 0. The summed E-state index contributed by atoms with van der Waals surface area (Å²) in [4.78, 5) is 0. The fourth-order valence-electron chi connectivity index (χ4n) is 0.957. The molecule has 0 aliphatic rings. The lowest BCUT2D eigenvalue weighted by atomic mass is 10.1. The molecule has 0 amide bonds. The van der Waals surface area contributed by atoms with E-state index in [1.54, 1.807) is 12.1 Å². The molecule has 0 aliphatic heterocycles. The zero-order chi connectivity index (χ0) is 8.97. The van der Waals surface area contributed by atoms with Crippen LogP contribution in [-0.2, 0) is 6.42 Å². The first-order valence-corrected chi connectivity index (χ1v) is 3.61. The third-order valence-electron chi connectivity index (χ3n) is 1.58. The van der Waals surface area contributed by atoms with Crippen molar-refractivity contribution >= 4 is 0 Å². The van der Waals surface area contributed by atoms with Gasteiger partial charge in [-0.05, 0) is 24.1 Å². The van der Waals surface area contributed by atoms with E-state index in [1.807, 2.05) is 6.07 Å². The molecular weight excluding hydrogens is 154 g/mol. The van der Waals surface area contributed by atoms with Crippen LogP contribution < -0.4 is 0 Å². The average molecular weight is 163 g/mol. The van der Waals surface area contributed by atoms with E-state index in [2.05, 4.69) is 0 Å². The molecule has 0 saturated heterocycles. The maximum absolute atomic E-state index is 9.12. The van der Waals surface area contributed by atoms with Gasteiger partial charge in [0.2, 0.25) is 0 Å². The van der Waals surface area contributed by atoms with Crippen LogP contribution in [0.4, 0.5) is 0 Å². The van der Waals surface area contributed by atoms with Gasteiger partial charge in [-0.2, -0.15) is 5.26 Å². The van der Waals surface area contributed by atoms with Gasteiger partial charge in [-0.25, -0.2) is 0 Å². The van der Waals surface area contributed by atoms with Crippen LogP contribution in [0.2, 0.25) is 0 Å². The molecule has 0 unspecified atom stereocenters. The zero-order valence-electron chi connectivity index (χ0n) is 6.49. The SMILES string of the molecule is N#Cc1cc(CCO)ccc1O. The maximum Gasteiger partial charge on any atom is 0.133 e. The fourth-order valence-corrected chi connectivity index (χ4v) is 0.957. The van der Waals surface area contributed by atoms with Gasteiger partial charge in [0.25, 0.3) is 0 Å². The molecule has 0 heterocycles. The minimum Gasteiger partial charge on any atom is -0.507 e. The van der Waals surface area contributed by atoms with Gasteiger partial charge in [-0.15, -0.1) is 0 Å². The van der Waals surface area contributed by atoms with E-state index in [1.165, 1.54) is 6.07 Å². The van der Waals surface area contributed by atoms with E-state index in [0.717, 1.165) is 5.56 Å². The first-order chi connectivity index (χ1) is 5.77. The lowest BCUT2D eigenvalue weighted by Gasteiger charge is -1.99. The number of aliphatic hydroxyl groups is 1. The van der Waals surface area contributed by atoms with Crippen LogP contribution in [0.25, 0.3) is 0 Å². The van der Waals surface area contributed by atoms with Gasteiger partial charge in [0.05, 0.1) is 5.56 Å². The Hall–Kier alpha value is -1.53. The van der Waals surface area contributed by atoms with E-state index >= 15 is 0 Å². The standard InChI is InChI=1S/C9H9NO2/c10-6-8-5-7(3-4-11)1-2-9(8)12/h1-2,5,11-12H,3-4H2. The monoisotopic (exact) mass is 163 g/mol. The fraction of sp³-hybridized carbons (Fsp3) is 0.222. The van der Waals surface area contributed by atoms with Crippen LogP contribution in [0.1, 0.15) is 11.1 Å². The number of nitrogens with zero attached hydrogens (tertiary/aromatic N) is 1. The van der Waals surface area contributed by atoms with E-state index in [4.69, 9.17) is 15.5 Å². The number of aromatic hydroxyl groups is 1. The van der Waals surface area contributed by atoms with Crippen LogP contribution in [0.3, 0.4) is 0 Å². The highest BCUT2D eigenvalue weighted by Crippen LogP contribution is 2.17. The van der Waals surface area contributed by atoms with Crippen molar-refractivity contribution in [2.24, 2.45) is 0 Å². The number of rotatable bonds is 2. The molecule has 12 heavy (non-hydrogen) atoms. The van der Waals surface area contributed by atoms with Gasteiger partial charge in [-0.1, -0.05) is 6.07 Å². The van der Waals surface area contributed by atoms with Gasteiger partial charge in [0.1, 0.15) is 11.8 Å². The minimum absolute atomic E-state index is 0.0146. The smallest absolute Gasteiger partial charge is 0.133 e. The quantitative estimate of drug-likeness (QED) is 0.677. The molecule has 1 aromatic rings. The predicted octanol–water partition coefficient (Wildman–Crippen LogP) is 0.799. The highest BCUT2D eigenvalue weighted by atomic mass is 16.3. The number of hydrogen-bond donors (Lipinski definition) is 2. The normalized spacial score (nSPS) is 9.33. The van der Waals surface area contributed by atoms with Gasteiger partial charge in [0, 0.05) is 6.61 Å². The molecule has 0 atom stereocenters. The Labute approximate surface area is 70.5 Å². The summed E-state index contributed by atoms with van der Waals surface area (Å²) >= 11 is 0. The molecule has 62 valence electrons. The lowest BCUT2D eigenvalue weighted by Crippen LogP contribution is -1.90. The second-order valence-corrected chi connectivity index (χ2v) is 2.44. The molecule has 0 aliphatic carbocycles.